The normalized spacial score (nSPS) is 9.11. The van der Waals surface area contributed by atoms with Gasteiger partial charge in [-0.15, -0.1) is 0 Å². The lowest BCUT2D eigenvalue weighted by Crippen LogP contribution is -1.96. The molecular weight excluding hydrogens is 776 g/mol. The van der Waals surface area contributed by atoms with Crippen molar-refractivity contribution in [1.82, 2.24) is 0 Å². The summed E-state index contributed by atoms with van der Waals surface area (Å²) in [5.74, 6) is 0. The van der Waals surface area contributed by atoms with Crippen LogP contribution in [0.4, 0.5) is 0 Å². The van der Waals surface area contributed by atoms with Crippen molar-refractivity contribution in [1.29, 1.82) is 0 Å². The topological polar surface area (TPSA) is 432 Å². The zero-order valence-electron chi connectivity index (χ0n) is 30.4. The molecule has 2 rings (SSSR count). The Kier molecular flexibility index (Phi) is 77.1. The Morgan fingerprint density at radius 2 is 0.407 bits per heavy atom. The monoisotopic (exact) mass is 840 g/mol. The molecule has 328 valence electrons. The number of benzene rings is 2. The van der Waals surface area contributed by atoms with E-state index in [1.165, 1.54) is 24.3 Å². The lowest BCUT2D eigenvalue weighted by molar-refractivity contribution is 0.186. The molecule has 0 amide bonds. The molecule has 18 N–H and O–H groups in total. The van der Waals surface area contributed by atoms with Crippen LogP contribution in [0.3, 0.4) is 0 Å². The Morgan fingerprint density at radius 1 is 0.296 bits per heavy atom. The second kappa shape index (κ2) is 59.9. The van der Waals surface area contributed by atoms with E-state index in [1.807, 2.05) is 13.8 Å². The van der Waals surface area contributed by atoms with E-state index in [-0.39, 0.29) is 116 Å². The molecule has 0 radical (unpaired) electrons. The van der Waals surface area contributed by atoms with E-state index in [4.69, 9.17) is 90.8 Å². The average Bonchev–Trinajstić information content (AvgIpc) is 3.18. The minimum Gasteiger partial charge on any atom is -0.394 e. The molecule has 2 aromatic carbocycles. The molecule has 0 unspecified atom stereocenters. The molecular formula is C30H64O22S2. The Balaban J connectivity index is -0.0000000760. The summed E-state index contributed by atoms with van der Waals surface area (Å²) in [5, 5.41) is 122. The molecule has 0 bridgehead atoms. The number of hydrogen-bond donors (Lipinski definition) is 18. The summed E-state index contributed by atoms with van der Waals surface area (Å²) in [5.41, 5.74) is 1.91. The molecule has 0 fully saturated rings. The summed E-state index contributed by atoms with van der Waals surface area (Å²) in [6.45, 7) is 1.68. The molecule has 0 aromatic heterocycles. The summed E-state index contributed by atoms with van der Waals surface area (Å²) in [7, 11) is -8.04. The van der Waals surface area contributed by atoms with Crippen molar-refractivity contribution in [2.45, 2.75) is 23.6 Å². The highest BCUT2D eigenvalue weighted by molar-refractivity contribution is 7.86. The summed E-state index contributed by atoms with van der Waals surface area (Å²) in [6, 6.07) is 12.0. The number of rotatable bonds is 10. The van der Waals surface area contributed by atoms with Crippen LogP contribution >= 0.6 is 0 Å². The molecule has 0 heterocycles. The lowest BCUT2D eigenvalue weighted by atomic mass is 10.2. The van der Waals surface area contributed by atoms with E-state index in [0.717, 1.165) is 11.1 Å². The van der Waals surface area contributed by atoms with Crippen LogP contribution in [0.2, 0.25) is 0 Å². The van der Waals surface area contributed by atoms with Crippen LogP contribution < -0.4 is 0 Å². The van der Waals surface area contributed by atoms with Crippen molar-refractivity contribution in [3.05, 3.63) is 59.7 Å². The third-order valence-corrected chi connectivity index (χ3v) is 5.17. The SMILES string of the molecule is Cc1ccc(S(=O)(=O)O)cc1.Cc1ccc(S(=O)(=O)O)cc1.OCCO.OCCO.OCCO.OCCO.OCCO.OCCO.OCCO.OCCO. The predicted molar refractivity (Wildman–Crippen MR) is 195 cm³/mol. The maximum atomic E-state index is 10.5. The highest BCUT2D eigenvalue weighted by Crippen LogP contribution is 2.09. The number of hydrogen-bond acceptors (Lipinski definition) is 20. The Morgan fingerprint density at radius 3 is 0.481 bits per heavy atom. The molecule has 0 aliphatic carbocycles. The van der Waals surface area contributed by atoms with Gasteiger partial charge in [0.25, 0.3) is 20.2 Å². The Hall–Kier alpha value is -2.38. The Labute approximate surface area is 316 Å². The average molecular weight is 841 g/mol. The van der Waals surface area contributed by atoms with E-state index in [1.54, 1.807) is 24.3 Å². The van der Waals surface area contributed by atoms with Crippen molar-refractivity contribution in [3.63, 3.8) is 0 Å². The molecule has 22 nitrogen and oxygen atoms in total. The van der Waals surface area contributed by atoms with Gasteiger partial charge in [0.2, 0.25) is 0 Å². The van der Waals surface area contributed by atoms with Crippen LogP contribution in [-0.4, -0.2) is 213 Å². The van der Waals surface area contributed by atoms with Gasteiger partial charge in [-0.3, -0.25) is 9.11 Å². The van der Waals surface area contributed by atoms with Gasteiger partial charge in [0.15, 0.2) is 0 Å². The zero-order valence-corrected chi connectivity index (χ0v) is 32.1. The van der Waals surface area contributed by atoms with Crippen LogP contribution in [-0.2, 0) is 20.2 Å². The lowest BCUT2D eigenvalue weighted by Gasteiger charge is -1.95. The van der Waals surface area contributed by atoms with E-state index in [0.29, 0.717) is 0 Å². The van der Waals surface area contributed by atoms with Crippen LogP contribution in [0.5, 0.6) is 0 Å². The first-order valence-corrected chi connectivity index (χ1v) is 18.0. The number of aliphatic hydroxyl groups excluding tert-OH is 16. The van der Waals surface area contributed by atoms with E-state index in [2.05, 4.69) is 0 Å². The molecule has 0 saturated heterocycles. The second-order valence-corrected chi connectivity index (χ2v) is 11.0. The van der Waals surface area contributed by atoms with E-state index in [9.17, 15) is 16.8 Å². The largest absolute Gasteiger partial charge is 0.394 e. The van der Waals surface area contributed by atoms with Gasteiger partial charge in [-0.2, -0.15) is 16.8 Å². The van der Waals surface area contributed by atoms with Crippen LogP contribution in [0.15, 0.2) is 58.3 Å². The van der Waals surface area contributed by atoms with Gasteiger partial charge in [-0.05, 0) is 38.1 Å². The number of aryl methyl sites for hydroxylation is 2. The van der Waals surface area contributed by atoms with Crippen molar-refractivity contribution < 1.29 is 108 Å². The quantitative estimate of drug-likeness (QED) is 0.0991. The van der Waals surface area contributed by atoms with Crippen molar-refractivity contribution in [2.75, 3.05) is 106 Å². The van der Waals surface area contributed by atoms with Gasteiger partial charge in [-0.1, -0.05) is 35.4 Å². The molecule has 0 spiro atoms. The maximum absolute atomic E-state index is 10.5. The molecule has 0 saturated carbocycles. The molecule has 0 aliphatic rings. The minimum absolute atomic E-state index is 0.0666. The molecule has 2 aromatic rings. The first-order valence-electron chi connectivity index (χ1n) is 15.1. The fourth-order valence-electron chi connectivity index (χ4n) is 1.42. The van der Waals surface area contributed by atoms with Crippen molar-refractivity contribution in [3.8, 4) is 0 Å². The minimum atomic E-state index is -4.02. The third-order valence-electron chi connectivity index (χ3n) is 3.44. The van der Waals surface area contributed by atoms with Gasteiger partial charge in [0.1, 0.15) is 0 Å². The van der Waals surface area contributed by atoms with Crippen molar-refractivity contribution in [2.24, 2.45) is 0 Å². The third kappa shape index (κ3) is 82.9. The fourth-order valence-corrected chi connectivity index (χ4v) is 2.38. The smallest absolute Gasteiger partial charge is 0.294 e. The van der Waals surface area contributed by atoms with Crippen molar-refractivity contribution >= 4 is 20.2 Å². The first-order chi connectivity index (χ1) is 25.3. The highest BCUT2D eigenvalue weighted by atomic mass is 32.2. The van der Waals surface area contributed by atoms with Gasteiger partial charge >= 0.3 is 0 Å². The summed E-state index contributed by atoms with van der Waals surface area (Å²) in [4.78, 5) is -0.133. The maximum Gasteiger partial charge on any atom is 0.294 e. The standard InChI is InChI=1S/2C7H8O3S.8C2H6O2/c2*1-6-2-4-7(5-3-6)11(8,9)10;8*3-1-2-4/h2*2-5H,1H3,(H,8,9,10);8*3-4H,1-2H2. The van der Waals surface area contributed by atoms with E-state index < -0.39 is 20.2 Å². The highest BCUT2D eigenvalue weighted by Gasteiger charge is 2.07. The van der Waals surface area contributed by atoms with Crippen LogP contribution in [0.25, 0.3) is 0 Å². The van der Waals surface area contributed by atoms with E-state index >= 15 is 0 Å². The Bertz CT molecular complexity index is 968. The van der Waals surface area contributed by atoms with Gasteiger partial charge in [0, 0.05) is 0 Å². The second-order valence-electron chi connectivity index (χ2n) is 8.15. The van der Waals surface area contributed by atoms with Crippen LogP contribution in [0, 0.1) is 13.8 Å². The van der Waals surface area contributed by atoms with Gasteiger partial charge in [0.05, 0.1) is 116 Å². The summed E-state index contributed by atoms with van der Waals surface area (Å²) < 4.78 is 59.1. The number of aliphatic hydroxyl groups is 16. The first kappa shape index (κ1) is 69.5. The summed E-state index contributed by atoms with van der Waals surface area (Å²) >= 11 is 0. The van der Waals surface area contributed by atoms with Gasteiger partial charge in [-0.25, -0.2) is 0 Å². The van der Waals surface area contributed by atoms with Crippen LogP contribution in [0.1, 0.15) is 11.1 Å². The molecule has 54 heavy (non-hydrogen) atoms. The summed E-state index contributed by atoms with van der Waals surface area (Å²) in [6.07, 6.45) is 0. The molecule has 0 atom stereocenters. The molecule has 24 heteroatoms. The van der Waals surface area contributed by atoms with Gasteiger partial charge < -0.3 is 81.7 Å². The fraction of sp³-hybridized carbons (Fsp3) is 0.600. The zero-order chi connectivity index (χ0) is 44.3. The molecule has 0 aliphatic heterocycles. The predicted octanol–water partition coefficient (Wildman–Crippen LogP) is -5.75.